The minimum atomic E-state index is -3.85. The van der Waals surface area contributed by atoms with Crippen LogP contribution < -0.4 is 10.9 Å². The van der Waals surface area contributed by atoms with Gasteiger partial charge in [0.1, 0.15) is 0 Å². The highest BCUT2D eigenvalue weighted by atomic mass is 32.2. The molecule has 2 N–H and O–H groups in total. The summed E-state index contributed by atoms with van der Waals surface area (Å²) in [5.74, 6) is -0.277. The average Bonchev–Trinajstić information content (AvgIpc) is 2.48. The van der Waals surface area contributed by atoms with Crippen LogP contribution in [0.3, 0.4) is 0 Å². The normalized spacial score (nSPS) is 11.4. The minimum absolute atomic E-state index is 0.105. The number of nitrogens with one attached hydrogen (secondary N) is 1. The van der Waals surface area contributed by atoms with Gasteiger partial charge in [-0.2, -0.15) is 5.10 Å². The Kier molecular flexibility index (Phi) is 4.94. The van der Waals surface area contributed by atoms with E-state index in [2.05, 4.69) is 10.4 Å². The number of benzene rings is 1. The van der Waals surface area contributed by atoms with E-state index in [4.69, 9.17) is 5.11 Å². The van der Waals surface area contributed by atoms with Gasteiger partial charge >= 0.3 is 0 Å². The molecule has 0 saturated heterocycles. The molecule has 0 spiro atoms. The van der Waals surface area contributed by atoms with E-state index in [0.29, 0.717) is 5.56 Å². The molecule has 1 heterocycles. The number of nitrogens with zero attached hydrogens (tertiary/aromatic N) is 2. The second-order valence-corrected chi connectivity index (χ2v) is 6.64. The SMILES string of the molecule is Cn1ncc(NCCO)c(S(=O)(=O)Cc2ccccc2)c1=O. The first-order chi connectivity index (χ1) is 10.5. The summed E-state index contributed by atoms with van der Waals surface area (Å²) in [6, 6.07) is 8.63. The van der Waals surface area contributed by atoms with Crippen LogP contribution >= 0.6 is 0 Å². The third-order valence-electron chi connectivity index (χ3n) is 3.03. The molecule has 2 rings (SSSR count). The Labute approximate surface area is 128 Å². The Balaban J connectivity index is 2.49. The van der Waals surface area contributed by atoms with Gasteiger partial charge in [0.05, 0.1) is 24.2 Å². The van der Waals surface area contributed by atoms with Crippen LogP contribution in [0, 0.1) is 0 Å². The zero-order chi connectivity index (χ0) is 16.2. The van der Waals surface area contributed by atoms with Gasteiger partial charge in [0.2, 0.25) is 0 Å². The number of sulfone groups is 1. The van der Waals surface area contributed by atoms with E-state index >= 15 is 0 Å². The molecule has 0 atom stereocenters. The quantitative estimate of drug-likeness (QED) is 0.785. The van der Waals surface area contributed by atoms with Crippen LogP contribution in [0.25, 0.3) is 0 Å². The molecule has 0 aliphatic carbocycles. The number of anilines is 1. The molecule has 118 valence electrons. The summed E-state index contributed by atoms with van der Waals surface area (Å²) < 4.78 is 26.2. The summed E-state index contributed by atoms with van der Waals surface area (Å²) in [4.78, 5) is 11.9. The van der Waals surface area contributed by atoms with Crippen molar-refractivity contribution in [2.45, 2.75) is 10.6 Å². The summed E-state index contributed by atoms with van der Waals surface area (Å²) in [5.41, 5.74) is 0.00132. The first-order valence-electron chi connectivity index (χ1n) is 6.63. The highest BCUT2D eigenvalue weighted by molar-refractivity contribution is 7.90. The minimum Gasteiger partial charge on any atom is -0.395 e. The van der Waals surface area contributed by atoms with Crippen molar-refractivity contribution in [3.8, 4) is 0 Å². The number of aliphatic hydroxyl groups is 1. The first-order valence-corrected chi connectivity index (χ1v) is 8.28. The van der Waals surface area contributed by atoms with E-state index in [1.165, 1.54) is 13.2 Å². The van der Waals surface area contributed by atoms with Gasteiger partial charge in [-0.05, 0) is 5.56 Å². The zero-order valence-corrected chi connectivity index (χ0v) is 12.9. The van der Waals surface area contributed by atoms with E-state index in [0.717, 1.165) is 4.68 Å². The lowest BCUT2D eigenvalue weighted by Gasteiger charge is -2.12. The molecule has 0 unspecified atom stereocenters. The van der Waals surface area contributed by atoms with Gasteiger partial charge in [0.25, 0.3) is 5.56 Å². The van der Waals surface area contributed by atoms with Crippen molar-refractivity contribution < 1.29 is 13.5 Å². The summed E-state index contributed by atoms with van der Waals surface area (Å²) >= 11 is 0. The van der Waals surface area contributed by atoms with Crippen LogP contribution in [-0.2, 0) is 22.6 Å². The second-order valence-electron chi connectivity index (χ2n) is 4.71. The molecule has 0 radical (unpaired) electrons. The van der Waals surface area contributed by atoms with Crippen molar-refractivity contribution in [1.29, 1.82) is 0 Å². The number of hydrogen-bond donors (Lipinski definition) is 2. The van der Waals surface area contributed by atoms with Gasteiger partial charge in [0.15, 0.2) is 14.7 Å². The molecule has 0 aliphatic rings. The smallest absolute Gasteiger partial charge is 0.287 e. The van der Waals surface area contributed by atoms with Crippen LogP contribution in [0.4, 0.5) is 5.69 Å². The molecule has 0 fully saturated rings. The van der Waals surface area contributed by atoms with E-state index < -0.39 is 15.4 Å². The van der Waals surface area contributed by atoms with Crippen molar-refractivity contribution in [3.05, 3.63) is 52.4 Å². The number of aryl methyl sites for hydroxylation is 1. The number of aromatic nitrogens is 2. The number of hydrogen-bond acceptors (Lipinski definition) is 6. The molecule has 0 amide bonds. The molecule has 0 aliphatic heterocycles. The van der Waals surface area contributed by atoms with E-state index in [1.807, 2.05) is 0 Å². The Morgan fingerprint density at radius 1 is 1.27 bits per heavy atom. The maximum atomic E-state index is 12.6. The van der Waals surface area contributed by atoms with Gasteiger partial charge in [-0.25, -0.2) is 13.1 Å². The van der Waals surface area contributed by atoms with Crippen molar-refractivity contribution >= 4 is 15.5 Å². The van der Waals surface area contributed by atoms with Gasteiger partial charge in [0, 0.05) is 13.6 Å². The largest absolute Gasteiger partial charge is 0.395 e. The van der Waals surface area contributed by atoms with Crippen LogP contribution in [0.15, 0.2) is 46.2 Å². The van der Waals surface area contributed by atoms with Crippen LogP contribution in [-0.4, -0.2) is 36.5 Å². The number of rotatable bonds is 6. The fourth-order valence-electron chi connectivity index (χ4n) is 2.00. The van der Waals surface area contributed by atoms with Gasteiger partial charge in [-0.3, -0.25) is 4.79 Å². The van der Waals surface area contributed by atoms with Crippen LogP contribution in [0.1, 0.15) is 5.56 Å². The summed E-state index contributed by atoms with van der Waals surface area (Å²) in [6.07, 6.45) is 1.27. The summed E-state index contributed by atoms with van der Waals surface area (Å²) in [5, 5.41) is 15.4. The zero-order valence-electron chi connectivity index (χ0n) is 12.1. The number of aliphatic hydroxyl groups excluding tert-OH is 1. The molecule has 2 aromatic rings. The molecule has 0 saturated carbocycles. The van der Waals surface area contributed by atoms with E-state index in [9.17, 15) is 13.2 Å². The second kappa shape index (κ2) is 6.71. The lowest BCUT2D eigenvalue weighted by molar-refractivity contribution is 0.311. The highest BCUT2D eigenvalue weighted by Gasteiger charge is 2.24. The maximum Gasteiger partial charge on any atom is 0.287 e. The first kappa shape index (κ1) is 16.2. The predicted octanol–water partition coefficient (Wildman–Crippen LogP) is 0.158. The lowest BCUT2D eigenvalue weighted by atomic mass is 10.2. The van der Waals surface area contributed by atoms with Crippen LogP contribution in [0.2, 0.25) is 0 Å². The maximum absolute atomic E-state index is 12.6. The molecule has 0 bridgehead atoms. The Morgan fingerprint density at radius 3 is 2.59 bits per heavy atom. The standard InChI is InChI=1S/C14H17N3O4S/c1-17-14(19)13(12(9-16-17)15-7-8-18)22(20,21)10-11-5-3-2-4-6-11/h2-6,9,15,18H,7-8,10H2,1H3. The Bertz CT molecular complexity index is 801. The summed E-state index contributed by atoms with van der Waals surface area (Å²) in [6.45, 7) is -0.0594. The third kappa shape index (κ3) is 3.52. The molecule has 22 heavy (non-hydrogen) atoms. The monoisotopic (exact) mass is 323 g/mol. The highest BCUT2D eigenvalue weighted by Crippen LogP contribution is 2.20. The Hall–Kier alpha value is -2.19. The van der Waals surface area contributed by atoms with Crippen molar-refractivity contribution in [2.75, 3.05) is 18.5 Å². The van der Waals surface area contributed by atoms with Crippen molar-refractivity contribution in [3.63, 3.8) is 0 Å². The lowest BCUT2D eigenvalue weighted by Crippen LogP contribution is -2.28. The van der Waals surface area contributed by atoms with Crippen molar-refractivity contribution in [2.24, 2.45) is 7.05 Å². The fraction of sp³-hybridized carbons (Fsp3) is 0.286. The van der Waals surface area contributed by atoms with Gasteiger partial charge in [-0.15, -0.1) is 0 Å². The van der Waals surface area contributed by atoms with Gasteiger partial charge < -0.3 is 10.4 Å². The molecular weight excluding hydrogens is 306 g/mol. The topological polar surface area (TPSA) is 101 Å². The third-order valence-corrected chi connectivity index (χ3v) is 4.76. The molecule has 1 aromatic heterocycles. The molecule has 1 aromatic carbocycles. The average molecular weight is 323 g/mol. The van der Waals surface area contributed by atoms with E-state index in [-0.39, 0.29) is 29.5 Å². The summed E-state index contributed by atoms with van der Waals surface area (Å²) in [7, 11) is -2.46. The fourth-order valence-corrected chi connectivity index (χ4v) is 3.63. The predicted molar refractivity (Wildman–Crippen MR) is 82.4 cm³/mol. The molecule has 7 nitrogen and oxygen atoms in total. The van der Waals surface area contributed by atoms with E-state index in [1.54, 1.807) is 30.3 Å². The van der Waals surface area contributed by atoms with Crippen LogP contribution in [0.5, 0.6) is 0 Å². The molecular formula is C14H17N3O4S. The molecule has 8 heteroatoms. The van der Waals surface area contributed by atoms with Gasteiger partial charge in [-0.1, -0.05) is 30.3 Å². The Morgan fingerprint density at radius 2 is 1.95 bits per heavy atom. The van der Waals surface area contributed by atoms with Crippen molar-refractivity contribution in [1.82, 2.24) is 9.78 Å².